The second-order valence-electron chi connectivity index (χ2n) is 2.58. The van der Waals surface area contributed by atoms with E-state index in [1.54, 1.807) is 28.7 Å². The number of benzene rings is 1. The van der Waals surface area contributed by atoms with Crippen molar-refractivity contribution in [3.05, 3.63) is 31.3 Å². The standard InChI is InChI=1S/C8H6BrF3IN/c9-5-1-2-6(13)7(4(5)3-14)8(10,11)12/h1-2H,3,14H2. The molecule has 0 bridgehead atoms. The van der Waals surface area contributed by atoms with E-state index in [4.69, 9.17) is 5.73 Å². The highest BCUT2D eigenvalue weighted by Gasteiger charge is 2.36. The number of nitrogens with two attached hydrogens (primary N) is 1. The summed E-state index contributed by atoms with van der Waals surface area (Å²) in [6.07, 6.45) is -4.35. The van der Waals surface area contributed by atoms with Crippen molar-refractivity contribution in [3.8, 4) is 0 Å². The van der Waals surface area contributed by atoms with Gasteiger partial charge in [0.1, 0.15) is 0 Å². The minimum absolute atomic E-state index is 0.101. The van der Waals surface area contributed by atoms with E-state index in [0.29, 0.717) is 4.47 Å². The minimum atomic E-state index is -4.35. The van der Waals surface area contributed by atoms with Crippen LogP contribution in [0.5, 0.6) is 0 Å². The molecule has 0 amide bonds. The highest BCUT2D eigenvalue weighted by molar-refractivity contribution is 14.1. The topological polar surface area (TPSA) is 26.0 Å². The first-order valence-corrected chi connectivity index (χ1v) is 5.49. The lowest BCUT2D eigenvalue weighted by atomic mass is 10.1. The SMILES string of the molecule is NCc1c(Br)ccc(I)c1C(F)(F)F. The van der Waals surface area contributed by atoms with E-state index >= 15 is 0 Å². The van der Waals surface area contributed by atoms with Crippen LogP contribution in [0.1, 0.15) is 11.1 Å². The maximum Gasteiger partial charge on any atom is 0.417 e. The monoisotopic (exact) mass is 379 g/mol. The van der Waals surface area contributed by atoms with Crippen LogP contribution in [0.25, 0.3) is 0 Å². The molecule has 1 nitrogen and oxygen atoms in total. The molecule has 0 aliphatic carbocycles. The zero-order valence-electron chi connectivity index (χ0n) is 6.83. The maximum absolute atomic E-state index is 12.6. The third-order valence-corrected chi connectivity index (χ3v) is 3.33. The molecule has 0 aliphatic rings. The van der Waals surface area contributed by atoms with Crippen LogP contribution in [0.15, 0.2) is 16.6 Å². The maximum atomic E-state index is 12.6. The molecule has 0 saturated carbocycles. The zero-order valence-corrected chi connectivity index (χ0v) is 10.6. The van der Waals surface area contributed by atoms with Crippen molar-refractivity contribution in [1.82, 2.24) is 0 Å². The van der Waals surface area contributed by atoms with Crippen LogP contribution in [-0.2, 0) is 12.7 Å². The van der Waals surface area contributed by atoms with Gasteiger partial charge in [0.05, 0.1) is 5.56 Å². The van der Waals surface area contributed by atoms with Crippen LogP contribution in [0.3, 0.4) is 0 Å². The lowest BCUT2D eigenvalue weighted by Gasteiger charge is -2.14. The summed E-state index contributed by atoms with van der Waals surface area (Å²) in [4.78, 5) is 0. The van der Waals surface area contributed by atoms with Gasteiger partial charge < -0.3 is 5.73 Å². The zero-order chi connectivity index (χ0) is 10.9. The smallest absolute Gasteiger partial charge is 0.326 e. The van der Waals surface area contributed by atoms with E-state index in [2.05, 4.69) is 15.9 Å². The predicted molar refractivity (Wildman–Crippen MR) is 59.8 cm³/mol. The molecule has 0 atom stereocenters. The van der Waals surface area contributed by atoms with Crippen molar-refractivity contribution < 1.29 is 13.2 Å². The second-order valence-corrected chi connectivity index (χ2v) is 4.60. The molecule has 0 saturated heterocycles. The molecule has 1 rings (SSSR count). The van der Waals surface area contributed by atoms with Gasteiger partial charge in [0, 0.05) is 14.6 Å². The van der Waals surface area contributed by atoms with Crippen LogP contribution in [0.4, 0.5) is 13.2 Å². The molecule has 0 radical (unpaired) electrons. The fourth-order valence-electron chi connectivity index (χ4n) is 1.10. The molecular weight excluding hydrogens is 374 g/mol. The number of alkyl halides is 3. The number of hydrogen-bond acceptors (Lipinski definition) is 1. The van der Waals surface area contributed by atoms with E-state index < -0.39 is 11.7 Å². The van der Waals surface area contributed by atoms with Crippen molar-refractivity contribution in [3.63, 3.8) is 0 Å². The van der Waals surface area contributed by atoms with Crippen molar-refractivity contribution in [2.45, 2.75) is 12.7 Å². The lowest BCUT2D eigenvalue weighted by molar-refractivity contribution is -0.138. The van der Waals surface area contributed by atoms with Gasteiger partial charge in [-0.3, -0.25) is 0 Å². The van der Waals surface area contributed by atoms with Gasteiger partial charge in [0.15, 0.2) is 0 Å². The number of halogens is 5. The summed E-state index contributed by atoms with van der Waals surface area (Å²) in [5, 5.41) is 0. The van der Waals surface area contributed by atoms with Gasteiger partial charge in [0.2, 0.25) is 0 Å². The second kappa shape index (κ2) is 4.36. The molecule has 78 valence electrons. The molecule has 1 aromatic rings. The Morgan fingerprint density at radius 2 is 1.93 bits per heavy atom. The Bertz CT molecular complexity index is 351. The Labute approximate surface area is 101 Å². The summed E-state index contributed by atoms with van der Waals surface area (Å²) in [5.74, 6) is 0. The van der Waals surface area contributed by atoms with Gasteiger partial charge in [-0.25, -0.2) is 0 Å². The number of hydrogen-bond donors (Lipinski definition) is 1. The highest BCUT2D eigenvalue weighted by atomic mass is 127. The third-order valence-electron chi connectivity index (χ3n) is 1.69. The molecule has 0 spiro atoms. The Morgan fingerprint density at radius 1 is 1.36 bits per heavy atom. The van der Waals surface area contributed by atoms with E-state index in [0.717, 1.165) is 0 Å². The fraction of sp³-hybridized carbons (Fsp3) is 0.250. The van der Waals surface area contributed by atoms with Crippen LogP contribution in [0.2, 0.25) is 0 Å². The van der Waals surface area contributed by atoms with Gasteiger partial charge >= 0.3 is 6.18 Å². The Hall–Kier alpha value is 0.180. The van der Waals surface area contributed by atoms with Gasteiger partial charge in [0.25, 0.3) is 0 Å². The predicted octanol–water partition coefficient (Wildman–Crippen LogP) is 3.53. The third kappa shape index (κ3) is 2.40. The van der Waals surface area contributed by atoms with Crippen LogP contribution >= 0.6 is 38.5 Å². The molecule has 0 aromatic heterocycles. The Morgan fingerprint density at radius 3 is 2.29 bits per heavy atom. The van der Waals surface area contributed by atoms with Crippen molar-refractivity contribution >= 4 is 38.5 Å². The average Bonchev–Trinajstić information content (AvgIpc) is 2.06. The highest BCUT2D eigenvalue weighted by Crippen LogP contribution is 2.38. The lowest BCUT2D eigenvalue weighted by Crippen LogP contribution is -2.14. The molecule has 0 unspecified atom stereocenters. The van der Waals surface area contributed by atoms with Crippen molar-refractivity contribution in [1.29, 1.82) is 0 Å². The molecular formula is C8H6BrF3IN. The summed E-state index contributed by atoms with van der Waals surface area (Å²) < 4.78 is 38.3. The van der Waals surface area contributed by atoms with Crippen LogP contribution in [0, 0.1) is 3.57 Å². The van der Waals surface area contributed by atoms with Gasteiger partial charge in [-0.05, 0) is 40.3 Å². The van der Waals surface area contributed by atoms with Crippen molar-refractivity contribution in [2.24, 2.45) is 5.73 Å². The molecule has 14 heavy (non-hydrogen) atoms. The van der Waals surface area contributed by atoms with E-state index in [9.17, 15) is 13.2 Å². The average molecular weight is 380 g/mol. The van der Waals surface area contributed by atoms with Crippen molar-refractivity contribution in [2.75, 3.05) is 0 Å². The van der Waals surface area contributed by atoms with E-state index in [1.807, 2.05) is 0 Å². The molecule has 0 fully saturated rings. The first kappa shape index (κ1) is 12.3. The summed E-state index contributed by atoms with van der Waals surface area (Å²) in [5.41, 5.74) is 4.74. The van der Waals surface area contributed by atoms with Crippen LogP contribution < -0.4 is 5.73 Å². The van der Waals surface area contributed by atoms with Gasteiger partial charge in [-0.15, -0.1) is 0 Å². The van der Waals surface area contributed by atoms with E-state index in [1.165, 1.54) is 6.07 Å². The summed E-state index contributed by atoms with van der Waals surface area (Å²) in [6.45, 7) is -0.133. The molecule has 1 aromatic carbocycles. The fourth-order valence-corrected chi connectivity index (χ4v) is 2.40. The minimum Gasteiger partial charge on any atom is -0.326 e. The molecule has 6 heteroatoms. The Kier molecular flexibility index (Phi) is 3.81. The largest absolute Gasteiger partial charge is 0.417 e. The normalized spacial score (nSPS) is 11.9. The van der Waals surface area contributed by atoms with Crippen LogP contribution in [-0.4, -0.2) is 0 Å². The first-order valence-electron chi connectivity index (χ1n) is 3.62. The Balaban J connectivity index is 3.46. The molecule has 0 heterocycles. The quantitative estimate of drug-likeness (QED) is 0.742. The molecule has 2 N–H and O–H groups in total. The summed E-state index contributed by atoms with van der Waals surface area (Å²) in [6, 6.07) is 2.98. The van der Waals surface area contributed by atoms with Gasteiger partial charge in [-0.1, -0.05) is 15.9 Å². The number of rotatable bonds is 1. The van der Waals surface area contributed by atoms with Gasteiger partial charge in [-0.2, -0.15) is 13.2 Å². The molecule has 0 aliphatic heterocycles. The summed E-state index contributed by atoms with van der Waals surface area (Å²) in [7, 11) is 0. The van der Waals surface area contributed by atoms with E-state index in [-0.39, 0.29) is 15.7 Å². The summed E-state index contributed by atoms with van der Waals surface area (Å²) >= 11 is 4.71. The first-order chi connectivity index (χ1) is 6.38.